The number of fused-ring (bicyclic) bond motifs is 3. The second kappa shape index (κ2) is 9.39. The first-order valence-corrected chi connectivity index (χ1v) is 9.39. The number of hydrogen-bond donors (Lipinski definition) is 1. The summed E-state index contributed by atoms with van der Waals surface area (Å²) in [5.41, 5.74) is 4.69. The highest BCUT2D eigenvalue weighted by Crippen LogP contribution is 2.35. The number of benzene rings is 3. The van der Waals surface area contributed by atoms with E-state index in [0.29, 0.717) is 5.75 Å². The Bertz CT molecular complexity index is 1170. The Morgan fingerprint density at radius 1 is 0.793 bits per heavy atom. The lowest BCUT2D eigenvalue weighted by atomic mass is 10.1. The van der Waals surface area contributed by atoms with Gasteiger partial charge in [0.25, 0.3) is 0 Å². The summed E-state index contributed by atoms with van der Waals surface area (Å²) in [5, 5.41) is 12.4. The number of H-pyrrole nitrogens is 1. The molecule has 0 atom stereocenters. The Morgan fingerprint density at radius 3 is 2.17 bits per heavy atom. The van der Waals surface area contributed by atoms with Gasteiger partial charge in [0, 0.05) is 35.0 Å². The highest BCUT2D eigenvalue weighted by Gasteiger charge is 2.13. The Labute approximate surface area is 181 Å². The lowest BCUT2D eigenvalue weighted by Gasteiger charge is -2.08. The van der Waals surface area contributed by atoms with Crippen LogP contribution in [0.15, 0.2) is 97.3 Å². The number of halogens is 1. The predicted molar refractivity (Wildman–Crippen MR) is 114 cm³/mol. The van der Waals surface area contributed by atoms with Crippen molar-refractivity contribution in [3.8, 4) is 5.75 Å². The normalized spacial score (nSPS) is 10.2. The number of hydrogen-bond acceptors (Lipinski definition) is 1. The quantitative estimate of drug-likeness (QED) is 0.444. The van der Waals surface area contributed by atoms with Crippen molar-refractivity contribution in [2.24, 2.45) is 0 Å². The van der Waals surface area contributed by atoms with Crippen LogP contribution in [0.2, 0.25) is 0 Å². The maximum absolute atomic E-state index is 10.3. The molecule has 3 aromatic carbocycles. The first-order valence-electron chi connectivity index (χ1n) is 9.39. The topological polar surface area (TPSA) is 39.3 Å². The van der Waals surface area contributed by atoms with Gasteiger partial charge < -0.3 is 26.7 Å². The molecule has 146 valence electrons. The van der Waals surface area contributed by atoms with E-state index < -0.39 is 0 Å². The Morgan fingerprint density at radius 2 is 1.52 bits per heavy atom. The summed E-state index contributed by atoms with van der Waals surface area (Å²) in [5.74, 6) is 0.347. The van der Waals surface area contributed by atoms with E-state index in [1.54, 1.807) is 6.07 Å². The third-order valence-electron chi connectivity index (χ3n) is 4.81. The molecule has 0 saturated heterocycles. The smallest absolute Gasteiger partial charge is 0.166 e. The van der Waals surface area contributed by atoms with Gasteiger partial charge in [-0.25, -0.2) is 4.98 Å². The molecule has 0 saturated carbocycles. The number of rotatable bonds is 2. The zero-order chi connectivity index (χ0) is 19.3. The van der Waals surface area contributed by atoms with E-state index in [1.807, 2.05) is 42.7 Å². The van der Waals surface area contributed by atoms with Gasteiger partial charge in [-0.15, -0.1) is 0 Å². The van der Waals surface area contributed by atoms with E-state index in [-0.39, 0.29) is 17.0 Å². The third kappa shape index (κ3) is 4.49. The lowest BCUT2D eigenvalue weighted by molar-refractivity contribution is -0.377. The first-order chi connectivity index (χ1) is 13.7. The Hall–Kier alpha value is -3.11. The van der Waals surface area contributed by atoms with Crippen LogP contribution in [0, 0.1) is 6.92 Å². The van der Waals surface area contributed by atoms with Crippen molar-refractivity contribution in [1.82, 2.24) is 4.57 Å². The molecule has 0 aliphatic carbocycles. The third-order valence-corrected chi connectivity index (χ3v) is 4.81. The van der Waals surface area contributed by atoms with Gasteiger partial charge in [0.2, 0.25) is 0 Å². The van der Waals surface area contributed by atoms with Gasteiger partial charge in [0.05, 0.1) is 5.52 Å². The molecule has 2 N–H and O–H groups in total. The molecule has 0 aliphatic heterocycles. The van der Waals surface area contributed by atoms with Crippen molar-refractivity contribution in [2.45, 2.75) is 13.5 Å². The minimum Gasteiger partial charge on any atom is -1.00 e. The average Bonchev–Trinajstić information content (AvgIpc) is 3.04. The molecule has 0 bridgehead atoms. The van der Waals surface area contributed by atoms with Crippen molar-refractivity contribution >= 4 is 21.8 Å². The van der Waals surface area contributed by atoms with Crippen molar-refractivity contribution in [2.75, 3.05) is 0 Å². The standard InChI is InChI=1S/C20H17NO.C5H5N.BrH/c1-14-10-11-17-16(12-14)20-18(8-5-9-19(20)22)21(17)13-15-6-3-2-4-7-15;1-2-4-6-5-3-1;/h2-12,22H,13H2,1H3;1-5H;1H. The van der Waals surface area contributed by atoms with Gasteiger partial charge in [-0.3, -0.25) is 0 Å². The van der Waals surface area contributed by atoms with E-state index in [4.69, 9.17) is 0 Å². The summed E-state index contributed by atoms with van der Waals surface area (Å²) in [6.07, 6.45) is 3.75. The Balaban J connectivity index is 0.000000297. The minimum absolute atomic E-state index is 0. The number of aromatic hydroxyl groups is 1. The monoisotopic (exact) mass is 446 g/mol. The van der Waals surface area contributed by atoms with Crippen LogP contribution in [0.4, 0.5) is 0 Å². The summed E-state index contributed by atoms with van der Waals surface area (Å²) < 4.78 is 2.28. The van der Waals surface area contributed by atoms with Crippen molar-refractivity contribution < 1.29 is 27.1 Å². The van der Waals surface area contributed by atoms with E-state index in [2.05, 4.69) is 65.0 Å². The van der Waals surface area contributed by atoms with Crippen LogP contribution in [0.1, 0.15) is 11.1 Å². The number of nitrogens with one attached hydrogen (secondary N) is 1. The number of aryl methyl sites for hydroxylation is 1. The summed E-state index contributed by atoms with van der Waals surface area (Å²) in [6, 6.07) is 28.4. The molecule has 29 heavy (non-hydrogen) atoms. The van der Waals surface area contributed by atoms with Crippen molar-refractivity contribution in [3.05, 3.63) is 108 Å². The second-order valence-electron chi connectivity index (χ2n) is 6.84. The van der Waals surface area contributed by atoms with E-state index in [0.717, 1.165) is 28.4 Å². The Kier molecular flexibility index (Phi) is 6.68. The van der Waals surface area contributed by atoms with Gasteiger partial charge in [0.1, 0.15) is 5.75 Å². The van der Waals surface area contributed by atoms with Crippen LogP contribution in [-0.2, 0) is 6.54 Å². The van der Waals surface area contributed by atoms with Crippen LogP contribution in [0.3, 0.4) is 0 Å². The molecule has 5 rings (SSSR count). The molecule has 5 aromatic rings. The zero-order valence-corrected chi connectivity index (χ0v) is 17.8. The van der Waals surface area contributed by atoms with Crippen LogP contribution in [-0.4, -0.2) is 9.67 Å². The molecular formula is C25H23BrN2O. The van der Waals surface area contributed by atoms with Gasteiger partial charge in [-0.2, -0.15) is 0 Å². The van der Waals surface area contributed by atoms with Crippen LogP contribution < -0.4 is 22.0 Å². The molecular weight excluding hydrogens is 424 g/mol. The second-order valence-corrected chi connectivity index (χ2v) is 6.84. The minimum atomic E-state index is 0. The molecule has 0 fully saturated rings. The molecule has 4 heteroatoms. The number of nitrogens with zero attached hydrogens (tertiary/aromatic N) is 1. The molecule has 0 spiro atoms. The molecule has 0 aliphatic rings. The molecule has 2 aromatic heterocycles. The summed E-state index contributed by atoms with van der Waals surface area (Å²) in [4.78, 5) is 2.89. The van der Waals surface area contributed by atoms with Crippen LogP contribution >= 0.6 is 0 Å². The average molecular weight is 447 g/mol. The molecule has 0 radical (unpaired) electrons. The first kappa shape index (κ1) is 20.6. The molecule has 3 nitrogen and oxygen atoms in total. The SMILES string of the molecule is Cc1ccc2c(c1)c1c(O)cccc1n2Cc1ccccc1.[Br-].c1cc[nH+]cc1. The van der Waals surface area contributed by atoms with Gasteiger partial charge >= 0.3 is 0 Å². The lowest BCUT2D eigenvalue weighted by Crippen LogP contribution is -3.00. The number of aromatic amines is 1. The predicted octanol–water partition coefficient (Wildman–Crippen LogP) is 2.36. The van der Waals surface area contributed by atoms with Gasteiger partial charge in [0.15, 0.2) is 12.4 Å². The fraction of sp³-hybridized carbons (Fsp3) is 0.0800. The summed E-state index contributed by atoms with van der Waals surface area (Å²) >= 11 is 0. The summed E-state index contributed by atoms with van der Waals surface area (Å²) in [7, 11) is 0. The van der Waals surface area contributed by atoms with Crippen LogP contribution in [0.5, 0.6) is 5.75 Å². The summed E-state index contributed by atoms with van der Waals surface area (Å²) in [6.45, 7) is 2.88. The van der Waals surface area contributed by atoms with E-state index in [9.17, 15) is 5.11 Å². The van der Waals surface area contributed by atoms with Gasteiger partial charge in [-0.1, -0.05) is 54.1 Å². The highest BCUT2D eigenvalue weighted by molar-refractivity contribution is 6.11. The highest BCUT2D eigenvalue weighted by atomic mass is 79.9. The molecule has 0 unspecified atom stereocenters. The molecule has 0 amide bonds. The molecule has 2 heterocycles. The van der Waals surface area contributed by atoms with E-state index in [1.165, 1.54) is 11.1 Å². The zero-order valence-electron chi connectivity index (χ0n) is 16.2. The number of phenolic OH excluding ortho intramolecular Hbond substituents is 1. The largest absolute Gasteiger partial charge is 1.00 e. The van der Waals surface area contributed by atoms with Crippen molar-refractivity contribution in [1.29, 1.82) is 0 Å². The van der Waals surface area contributed by atoms with Crippen LogP contribution in [0.25, 0.3) is 21.8 Å². The number of phenols is 1. The number of aromatic nitrogens is 2. The fourth-order valence-corrected chi connectivity index (χ4v) is 3.52. The maximum atomic E-state index is 10.3. The fourth-order valence-electron chi connectivity index (χ4n) is 3.52. The van der Waals surface area contributed by atoms with Crippen molar-refractivity contribution in [3.63, 3.8) is 0 Å². The maximum Gasteiger partial charge on any atom is 0.166 e. The van der Waals surface area contributed by atoms with E-state index >= 15 is 0 Å². The van der Waals surface area contributed by atoms with Gasteiger partial charge in [-0.05, 0) is 36.8 Å². The number of pyridine rings is 1.